The molecule has 0 saturated carbocycles. The topological polar surface area (TPSA) is 91.1 Å². The predicted octanol–water partition coefficient (Wildman–Crippen LogP) is 2.23. The van der Waals surface area contributed by atoms with Gasteiger partial charge in [0.1, 0.15) is 5.69 Å². The van der Waals surface area contributed by atoms with Crippen LogP contribution in [-0.4, -0.2) is 22.7 Å². The van der Waals surface area contributed by atoms with Crippen molar-refractivity contribution in [3.8, 4) is 0 Å². The number of aromatic nitrogens is 1. The molecule has 1 atom stereocenters. The van der Waals surface area contributed by atoms with Gasteiger partial charge in [-0.1, -0.05) is 12.1 Å². The van der Waals surface area contributed by atoms with Gasteiger partial charge in [0.25, 0.3) is 5.91 Å². The maximum absolute atomic E-state index is 12.0. The van der Waals surface area contributed by atoms with Crippen LogP contribution in [0.4, 0.5) is 5.69 Å². The second kappa shape index (κ2) is 6.37. The molecule has 1 saturated heterocycles. The molecule has 2 aromatic rings. The highest BCUT2D eigenvalue weighted by molar-refractivity contribution is 9.10. The van der Waals surface area contributed by atoms with E-state index in [0.717, 1.165) is 10.0 Å². The van der Waals surface area contributed by atoms with Gasteiger partial charge in [-0.15, -0.1) is 0 Å². The number of H-pyrrole nitrogens is 1. The molecule has 1 aromatic carbocycles. The van der Waals surface area contributed by atoms with Crippen LogP contribution in [0.1, 0.15) is 22.5 Å². The fourth-order valence-electron chi connectivity index (χ4n) is 2.48. The smallest absolute Gasteiger partial charge is 0.272 e. The number of imide groups is 1. The van der Waals surface area contributed by atoms with Gasteiger partial charge in [0.2, 0.25) is 11.8 Å². The van der Waals surface area contributed by atoms with E-state index in [2.05, 4.69) is 31.5 Å². The maximum atomic E-state index is 12.0. The largest absolute Gasteiger partial charge is 0.356 e. The Hall–Kier alpha value is -2.41. The number of carbonyl (C=O) groups is 3. The van der Waals surface area contributed by atoms with Gasteiger partial charge in [-0.3, -0.25) is 19.7 Å². The standard InChI is InChI=1S/C16H14BrN3O3/c17-11-7-13(18-8-11)16(23)19-12-3-1-9(2-4-12)5-10-6-14(21)20-15(10)22/h1-4,7-8,10,18H,5-6H2,(H,19,23)(H,20,21,22)/t10-/m0/s1. The number of amides is 3. The molecule has 0 unspecified atom stereocenters. The lowest BCUT2D eigenvalue weighted by Gasteiger charge is -2.08. The van der Waals surface area contributed by atoms with Crippen molar-refractivity contribution >= 4 is 39.3 Å². The maximum Gasteiger partial charge on any atom is 0.272 e. The van der Waals surface area contributed by atoms with E-state index in [1.54, 1.807) is 24.4 Å². The number of hydrogen-bond donors (Lipinski definition) is 3. The number of aromatic amines is 1. The number of anilines is 1. The van der Waals surface area contributed by atoms with Crippen LogP contribution in [0.15, 0.2) is 41.0 Å². The Balaban J connectivity index is 1.62. The minimum absolute atomic E-state index is 0.218. The Morgan fingerprint density at radius 1 is 1.26 bits per heavy atom. The number of rotatable bonds is 4. The van der Waals surface area contributed by atoms with Crippen molar-refractivity contribution in [2.45, 2.75) is 12.8 Å². The first-order valence-corrected chi connectivity index (χ1v) is 7.88. The second-order valence-electron chi connectivity index (χ2n) is 5.40. The van der Waals surface area contributed by atoms with Crippen molar-refractivity contribution in [1.82, 2.24) is 10.3 Å². The number of carbonyl (C=O) groups excluding carboxylic acids is 3. The van der Waals surface area contributed by atoms with Gasteiger partial charge in [-0.05, 0) is 46.1 Å². The Kier molecular flexibility index (Phi) is 4.29. The van der Waals surface area contributed by atoms with Gasteiger partial charge in [0.15, 0.2) is 0 Å². The summed E-state index contributed by atoms with van der Waals surface area (Å²) in [5.74, 6) is -0.978. The molecule has 1 aromatic heterocycles. The first kappa shape index (κ1) is 15.5. The first-order chi connectivity index (χ1) is 11.0. The quantitative estimate of drug-likeness (QED) is 0.715. The molecule has 118 valence electrons. The molecule has 6 nitrogen and oxygen atoms in total. The summed E-state index contributed by atoms with van der Waals surface area (Å²) in [6, 6.07) is 8.94. The van der Waals surface area contributed by atoms with E-state index in [4.69, 9.17) is 0 Å². The van der Waals surface area contributed by atoms with Gasteiger partial charge < -0.3 is 10.3 Å². The summed E-state index contributed by atoms with van der Waals surface area (Å²) >= 11 is 3.28. The minimum Gasteiger partial charge on any atom is -0.356 e. The molecule has 1 aliphatic rings. The fourth-order valence-corrected chi connectivity index (χ4v) is 2.82. The molecule has 3 amide bonds. The summed E-state index contributed by atoms with van der Waals surface area (Å²) in [6.07, 6.45) is 2.43. The number of benzene rings is 1. The van der Waals surface area contributed by atoms with Gasteiger partial charge in [0.05, 0.1) is 5.92 Å². The van der Waals surface area contributed by atoms with E-state index in [1.807, 2.05) is 12.1 Å². The zero-order valence-corrected chi connectivity index (χ0v) is 13.6. The molecule has 2 heterocycles. The van der Waals surface area contributed by atoms with E-state index in [9.17, 15) is 14.4 Å². The molecule has 3 N–H and O–H groups in total. The summed E-state index contributed by atoms with van der Waals surface area (Å²) in [5.41, 5.74) is 2.07. The zero-order valence-electron chi connectivity index (χ0n) is 12.1. The van der Waals surface area contributed by atoms with Gasteiger partial charge in [-0.25, -0.2) is 0 Å². The van der Waals surface area contributed by atoms with Crippen molar-refractivity contribution in [2.75, 3.05) is 5.32 Å². The molecule has 0 radical (unpaired) electrons. The highest BCUT2D eigenvalue weighted by Crippen LogP contribution is 2.19. The van der Waals surface area contributed by atoms with Crippen molar-refractivity contribution in [1.29, 1.82) is 0 Å². The summed E-state index contributed by atoms with van der Waals surface area (Å²) in [5, 5.41) is 5.09. The summed E-state index contributed by atoms with van der Waals surface area (Å²) in [6.45, 7) is 0. The SMILES string of the molecule is O=C1C[C@H](Cc2ccc(NC(=O)c3cc(Br)c[nH]3)cc2)C(=O)N1. The lowest BCUT2D eigenvalue weighted by Crippen LogP contribution is -2.22. The molecule has 3 rings (SSSR count). The average molecular weight is 376 g/mol. The van der Waals surface area contributed by atoms with Crippen LogP contribution in [0.2, 0.25) is 0 Å². The molecule has 0 spiro atoms. The van der Waals surface area contributed by atoms with Gasteiger partial charge in [0, 0.05) is 22.8 Å². The van der Waals surface area contributed by atoms with Crippen molar-refractivity contribution < 1.29 is 14.4 Å². The average Bonchev–Trinajstić information content (AvgIpc) is 3.07. The molecular weight excluding hydrogens is 362 g/mol. The molecule has 1 aliphatic heterocycles. The van der Waals surface area contributed by atoms with E-state index in [1.165, 1.54) is 0 Å². The summed E-state index contributed by atoms with van der Waals surface area (Å²) < 4.78 is 0.808. The molecule has 1 fully saturated rings. The van der Waals surface area contributed by atoms with Crippen LogP contribution in [-0.2, 0) is 16.0 Å². The predicted molar refractivity (Wildman–Crippen MR) is 87.8 cm³/mol. The Bertz CT molecular complexity index is 767. The van der Waals surface area contributed by atoms with Gasteiger partial charge >= 0.3 is 0 Å². The van der Waals surface area contributed by atoms with Crippen molar-refractivity contribution in [3.05, 3.63) is 52.3 Å². The Morgan fingerprint density at radius 3 is 2.57 bits per heavy atom. The number of hydrogen-bond acceptors (Lipinski definition) is 3. The van der Waals surface area contributed by atoms with Crippen LogP contribution in [0, 0.1) is 5.92 Å². The first-order valence-electron chi connectivity index (χ1n) is 7.09. The Morgan fingerprint density at radius 2 is 2.00 bits per heavy atom. The van der Waals surface area contributed by atoms with E-state index < -0.39 is 0 Å². The highest BCUT2D eigenvalue weighted by Gasteiger charge is 2.30. The molecule has 7 heteroatoms. The third-order valence-electron chi connectivity index (χ3n) is 3.65. The second-order valence-corrected chi connectivity index (χ2v) is 6.32. The lowest BCUT2D eigenvalue weighted by molar-refractivity contribution is -0.125. The third-order valence-corrected chi connectivity index (χ3v) is 4.11. The molecule has 0 aliphatic carbocycles. The van der Waals surface area contributed by atoms with Crippen LogP contribution >= 0.6 is 15.9 Å². The van der Waals surface area contributed by atoms with Gasteiger partial charge in [-0.2, -0.15) is 0 Å². The minimum atomic E-state index is -0.306. The van der Waals surface area contributed by atoms with Crippen LogP contribution in [0.5, 0.6) is 0 Å². The van der Waals surface area contributed by atoms with Crippen LogP contribution < -0.4 is 10.6 Å². The fraction of sp³-hybridized carbons (Fsp3) is 0.188. The highest BCUT2D eigenvalue weighted by atomic mass is 79.9. The van der Waals surface area contributed by atoms with E-state index >= 15 is 0 Å². The van der Waals surface area contributed by atoms with Crippen LogP contribution in [0.25, 0.3) is 0 Å². The summed E-state index contributed by atoms with van der Waals surface area (Å²) in [4.78, 5) is 37.6. The monoisotopic (exact) mass is 375 g/mol. The number of nitrogens with one attached hydrogen (secondary N) is 3. The molecule has 23 heavy (non-hydrogen) atoms. The molecular formula is C16H14BrN3O3. The van der Waals surface area contributed by atoms with Crippen molar-refractivity contribution in [2.24, 2.45) is 5.92 Å². The summed E-state index contributed by atoms with van der Waals surface area (Å²) in [7, 11) is 0. The lowest BCUT2D eigenvalue weighted by atomic mass is 9.98. The van der Waals surface area contributed by atoms with Crippen LogP contribution in [0.3, 0.4) is 0 Å². The molecule has 0 bridgehead atoms. The normalized spacial score (nSPS) is 17.2. The number of halogens is 1. The Labute approximate surface area is 140 Å². The third kappa shape index (κ3) is 3.68. The van der Waals surface area contributed by atoms with Crippen molar-refractivity contribution in [3.63, 3.8) is 0 Å². The zero-order chi connectivity index (χ0) is 16.4. The van der Waals surface area contributed by atoms with E-state index in [0.29, 0.717) is 17.8 Å². The van der Waals surface area contributed by atoms with E-state index in [-0.39, 0.29) is 30.1 Å².